The largest absolute Gasteiger partial charge is 0.394 e. The Bertz CT molecular complexity index is 325. The summed E-state index contributed by atoms with van der Waals surface area (Å²) >= 11 is 0. The first-order valence-corrected chi connectivity index (χ1v) is 5.16. The third kappa shape index (κ3) is 4.90. The molecule has 1 aromatic heterocycles. The number of aliphatic hydroxyl groups is 1. The van der Waals surface area contributed by atoms with E-state index >= 15 is 0 Å². The fourth-order valence-corrected chi connectivity index (χ4v) is 1.13. The van der Waals surface area contributed by atoms with Gasteiger partial charge < -0.3 is 15.2 Å². The van der Waals surface area contributed by atoms with Crippen molar-refractivity contribution in [1.82, 2.24) is 9.78 Å². The number of nitrogens with one attached hydrogen (secondary N) is 1. The van der Waals surface area contributed by atoms with Crippen molar-refractivity contribution in [1.29, 1.82) is 0 Å². The highest BCUT2D eigenvalue weighted by molar-refractivity contribution is 5.80. The molecule has 6 nitrogen and oxygen atoms in total. The monoisotopic (exact) mass is 227 g/mol. The lowest BCUT2D eigenvalue weighted by Crippen LogP contribution is -2.10. The van der Waals surface area contributed by atoms with E-state index in [-0.39, 0.29) is 12.4 Å². The molecule has 0 spiro atoms. The predicted octanol–water partition coefficient (Wildman–Crippen LogP) is -0.107. The predicted molar refractivity (Wildman–Crippen MR) is 59.3 cm³/mol. The summed E-state index contributed by atoms with van der Waals surface area (Å²) < 4.78 is 6.83. The van der Waals surface area contributed by atoms with Crippen LogP contribution >= 0.6 is 0 Å². The Labute approximate surface area is 94.2 Å². The molecule has 0 aliphatic rings. The Kier molecular flexibility index (Phi) is 5.52. The number of carbonyl (C=O) groups is 1. The maximum absolute atomic E-state index is 10.7. The highest BCUT2D eigenvalue weighted by atomic mass is 16.5. The molecular weight excluding hydrogens is 210 g/mol. The fourth-order valence-electron chi connectivity index (χ4n) is 1.13. The number of hydrogen-bond acceptors (Lipinski definition) is 5. The highest BCUT2D eigenvalue weighted by Gasteiger charge is 1.99. The van der Waals surface area contributed by atoms with Crippen LogP contribution in [-0.4, -0.2) is 47.0 Å². The van der Waals surface area contributed by atoms with Crippen molar-refractivity contribution in [2.24, 2.45) is 0 Å². The number of aromatic nitrogens is 2. The SMILES string of the molecule is CC(=O)CNc1cnn(CCOCCO)c1. The van der Waals surface area contributed by atoms with Crippen molar-refractivity contribution in [2.45, 2.75) is 13.5 Å². The molecule has 1 heterocycles. The van der Waals surface area contributed by atoms with Crippen LogP contribution in [0.1, 0.15) is 6.92 Å². The standard InChI is InChI=1S/C10H17N3O3/c1-9(15)6-11-10-7-12-13(8-10)2-4-16-5-3-14/h7-8,11,14H,2-6H2,1H3. The van der Waals surface area contributed by atoms with E-state index in [2.05, 4.69) is 10.4 Å². The van der Waals surface area contributed by atoms with Gasteiger partial charge in [-0.25, -0.2) is 0 Å². The van der Waals surface area contributed by atoms with Crippen molar-refractivity contribution < 1.29 is 14.6 Å². The van der Waals surface area contributed by atoms with Gasteiger partial charge in [-0.1, -0.05) is 0 Å². The minimum absolute atomic E-state index is 0.0323. The number of ketones is 1. The first-order chi connectivity index (χ1) is 7.72. The topological polar surface area (TPSA) is 76.4 Å². The van der Waals surface area contributed by atoms with E-state index in [4.69, 9.17) is 9.84 Å². The normalized spacial score (nSPS) is 10.4. The minimum atomic E-state index is 0.0323. The van der Waals surface area contributed by atoms with Crippen LogP contribution in [0.15, 0.2) is 12.4 Å². The number of carbonyl (C=O) groups excluding carboxylic acids is 1. The lowest BCUT2D eigenvalue weighted by molar-refractivity contribution is -0.115. The molecule has 0 aromatic carbocycles. The molecule has 0 amide bonds. The average Bonchev–Trinajstić information content (AvgIpc) is 2.70. The van der Waals surface area contributed by atoms with Gasteiger partial charge in [0.2, 0.25) is 0 Å². The molecule has 90 valence electrons. The van der Waals surface area contributed by atoms with Gasteiger partial charge in [-0.3, -0.25) is 9.48 Å². The zero-order valence-corrected chi connectivity index (χ0v) is 9.35. The molecule has 16 heavy (non-hydrogen) atoms. The average molecular weight is 227 g/mol. The molecule has 0 atom stereocenters. The van der Waals surface area contributed by atoms with E-state index in [1.807, 2.05) is 6.20 Å². The Morgan fingerprint density at radius 2 is 2.44 bits per heavy atom. The summed E-state index contributed by atoms with van der Waals surface area (Å²) in [6.45, 7) is 3.35. The molecule has 0 aliphatic carbocycles. The van der Waals surface area contributed by atoms with Crippen molar-refractivity contribution in [2.75, 3.05) is 31.7 Å². The van der Waals surface area contributed by atoms with E-state index in [0.717, 1.165) is 5.69 Å². The molecular formula is C10H17N3O3. The number of hydrogen-bond donors (Lipinski definition) is 2. The van der Waals surface area contributed by atoms with Gasteiger partial charge in [0.15, 0.2) is 0 Å². The zero-order valence-electron chi connectivity index (χ0n) is 9.35. The van der Waals surface area contributed by atoms with Gasteiger partial charge in [0.1, 0.15) is 5.78 Å². The molecule has 1 aromatic rings. The second kappa shape index (κ2) is 6.97. The summed E-state index contributed by atoms with van der Waals surface area (Å²) in [7, 11) is 0. The van der Waals surface area contributed by atoms with E-state index in [0.29, 0.717) is 26.3 Å². The van der Waals surface area contributed by atoms with Crippen molar-refractivity contribution >= 4 is 11.5 Å². The van der Waals surface area contributed by atoms with Gasteiger partial charge in [0, 0.05) is 6.20 Å². The molecule has 0 saturated carbocycles. The van der Waals surface area contributed by atoms with Gasteiger partial charge >= 0.3 is 0 Å². The Hall–Kier alpha value is -1.40. The fraction of sp³-hybridized carbons (Fsp3) is 0.600. The number of nitrogens with zero attached hydrogens (tertiary/aromatic N) is 2. The number of aliphatic hydroxyl groups excluding tert-OH is 1. The van der Waals surface area contributed by atoms with E-state index in [1.165, 1.54) is 6.92 Å². The smallest absolute Gasteiger partial charge is 0.148 e. The van der Waals surface area contributed by atoms with Crippen molar-refractivity contribution in [3.8, 4) is 0 Å². The lowest BCUT2D eigenvalue weighted by Gasteiger charge is -2.02. The number of ether oxygens (including phenoxy) is 1. The number of rotatable bonds is 8. The Balaban J connectivity index is 2.25. The van der Waals surface area contributed by atoms with Crippen molar-refractivity contribution in [3.05, 3.63) is 12.4 Å². The summed E-state index contributed by atoms with van der Waals surface area (Å²) in [4.78, 5) is 10.7. The van der Waals surface area contributed by atoms with Gasteiger partial charge in [-0.05, 0) is 6.92 Å². The summed E-state index contributed by atoms with van der Waals surface area (Å²) in [5, 5.41) is 15.5. The Morgan fingerprint density at radius 1 is 1.62 bits per heavy atom. The highest BCUT2D eigenvalue weighted by Crippen LogP contribution is 2.03. The maximum atomic E-state index is 10.7. The van der Waals surface area contributed by atoms with Gasteiger partial charge in [-0.2, -0.15) is 5.10 Å². The van der Waals surface area contributed by atoms with Crippen LogP contribution < -0.4 is 5.32 Å². The van der Waals surface area contributed by atoms with Crippen LogP contribution in [0.5, 0.6) is 0 Å². The van der Waals surface area contributed by atoms with E-state index in [1.54, 1.807) is 10.9 Å². The molecule has 6 heteroatoms. The van der Waals surface area contributed by atoms with Crippen LogP contribution in [0.2, 0.25) is 0 Å². The van der Waals surface area contributed by atoms with Crippen LogP contribution in [0.25, 0.3) is 0 Å². The molecule has 0 bridgehead atoms. The second-order valence-corrected chi connectivity index (χ2v) is 3.38. The molecule has 0 radical (unpaired) electrons. The lowest BCUT2D eigenvalue weighted by atomic mass is 10.4. The minimum Gasteiger partial charge on any atom is -0.394 e. The molecule has 2 N–H and O–H groups in total. The summed E-state index contributed by atoms with van der Waals surface area (Å²) in [5.74, 6) is 0.0824. The second-order valence-electron chi connectivity index (χ2n) is 3.38. The van der Waals surface area contributed by atoms with Gasteiger partial charge in [0.25, 0.3) is 0 Å². The van der Waals surface area contributed by atoms with Crippen molar-refractivity contribution in [3.63, 3.8) is 0 Å². The molecule has 1 rings (SSSR count). The number of anilines is 1. The van der Waals surface area contributed by atoms with Crippen LogP contribution in [-0.2, 0) is 16.1 Å². The third-order valence-corrected chi connectivity index (χ3v) is 1.88. The van der Waals surface area contributed by atoms with Crippen LogP contribution in [0, 0.1) is 0 Å². The quantitative estimate of drug-likeness (QED) is 0.606. The summed E-state index contributed by atoms with van der Waals surface area (Å²) in [6, 6.07) is 0. The Morgan fingerprint density at radius 3 is 3.12 bits per heavy atom. The van der Waals surface area contributed by atoms with E-state index in [9.17, 15) is 4.79 Å². The third-order valence-electron chi connectivity index (χ3n) is 1.88. The first-order valence-electron chi connectivity index (χ1n) is 5.16. The van der Waals surface area contributed by atoms with E-state index < -0.39 is 0 Å². The molecule has 0 unspecified atom stereocenters. The molecule has 0 saturated heterocycles. The zero-order chi connectivity index (χ0) is 11.8. The maximum Gasteiger partial charge on any atom is 0.148 e. The summed E-state index contributed by atoms with van der Waals surface area (Å²) in [5.41, 5.74) is 0.817. The van der Waals surface area contributed by atoms with Gasteiger partial charge in [0.05, 0.1) is 44.8 Å². The molecule has 0 fully saturated rings. The molecule has 0 aliphatic heterocycles. The van der Waals surface area contributed by atoms with Crippen LogP contribution in [0.3, 0.4) is 0 Å². The summed E-state index contributed by atoms with van der Waals surface area (Å²) in [6.07, 6.45) is 3.47. The number of Topliss-reactive ketones (excluding diaryl/α,β-unsaturated/α-hetero) is 1. The van der Waals surface area contributed by atoms with Gasteiger partial charge in [-0.15, -0.1) is 0 Å². The van der Waals surface area contributed by atoms with Crippen LogP contribution in [0.4, 0.5) is 5.69 Å². The first kappa shape index (κ1) is 12.7.